The zero-order valence-electron chi connectivity index (χ0n) is 17.7. The first-order valence-corrected chi connectivity index (χ1v) is 9.94. The fraction of sp³-hybridized carbons (Fsp3) is 0.545. The van der Waals surface area contributed by atoms with Gasteiger partial charge in [0, 0.05) is 23.1 Å². The number of H-pyrrole nitrogens is 1. The second kappa shape index (κ2) is 7.49. The van der Waals surface area contributed by atoms with Crippen LogP contribution in [0.15, 0.2) is 18.2 Å². The number of rotatable bonds is 3. The van der Waals surface area contributed by atoms with Gasteiger partial charge in [0.2, 0.25) is 5.91 Å². The fourth-order valence-electron chi connectivity index (χ4n) is 3.97. The molecular formula is C22H31N3O3. The van der Waals surface area contributed by atoms with Crippen molar-refractivity contribution in [2.45, 2.75) is 59.6 Å². The third-order valence-electron chi connectivity index (χ3n) is 5.06. The van der Waals surface area contributed by atoms with Crippen molar-refractivity contribution in [3.8, 4) is 0 Å². The molecule has 1 atom stereocenters. The summed E-state index contributed by atoms with van der Waals surface area (Å²) in [5, 5.41) is 3.84. The Balaban J connectivity index is 1.80. The molecule has 0 saturated carbocycles. The van der Waals surface area contributed by atoms with Gasteiger partial charge in [-0.2, -0.15) is 0 Å². The first-order valence-electron chi connectivity index (χ1n) is 9.94. The molecule has 1 aromatic carbocycles. The van der Waals surface area contributed by atoms with E-state index in [1.807, 2.05) is 4.90 Å². The van der Waals surface area contributed by atoms with Crippen molar-refractivity contribution in [3.63, 3.8) is 0 Å². The van der Waals surface area contributed by atoms with Crippen LogP contribution in [-0.2, 0) is 16.0 Å². The number of hydrogen-bond acceptors (Lipinski definition) is 3. The van der Waals surface area contributed by atoms with Crippen molar-refractivity contribution in [2.75, 3.05) is 13.1 Å². The Bertz CT molecular complexity index is 892. The largest absolute Gasteiger partial charge is 0.444 e. The van der Waals surface area contributed by atoms with Crippen LogP contribution in [-0.4, -0.2) is 40.6 Å². The van der Waals surface area contributed by atoms with E-state index >= 15 is 0 Å². The van der Waals surface area contributed by atoms with Gasteiger partial charge in [-0.25, -0.2) is 4.79 Å². The van der Waals surface area contributed by atoms with E-state index in [2.05, 4.69) is 49.3 Å². The van der Waals surface area contributed by atoms with E-state index in [1.165, 1.54) is 16.5 Å². The Morgan fingerprint density at radius 2 is 2.04 bits per heavy atom. The van der Waals surface area contributed by atoms with Crippen molar-refractivity contribution in [1.82, 2.24) is 15.2 Å². The number of carbonyl (C=O) groups excluding carboxylic acids is 2. The molecule has 0 spiro atoms. The third-order valence-corrected chi connectivity index (χ3v) is 5.06. The van der Waals surface area contributed by atoms with Crippen LogP contribution in [0.25, 0.3) is 10.9 Å². The standard InChI is InChI=1S/C22H31N3O3/c1-13(2)20-19-15(16-11-14(3)7-8-17(16)24-19)9-10-25(20)18(26)12-23-21(27)28-22(4,5)6/h7-8,11,13,20,24H,9-10,12H2,1-6H3,(H,23,27). The van der Waals surface area contributed by atoms with Gasteiger partial charge >= 0.3 is 6.09 Å². The second-order valence-corrected chi connectivity index (χ2v) is 8.95. The number of fused-ring (bicyclic) bond motifs is 3. The maximum atomic E-state index is 12.9. The maximum absolute atomic E-state index is 12.9. The van der Waals surface area contributed by atoms with Crippen molar-refractivity contribution >= 4 is 22.9 Å². The van der Waals surface area contributed by atoms with Crippen LogP contribution in [0.5, 0.6) is 0 Å². The van der Waals surface area contributed by atoms with Crippen molar-refractivity contribution in [3.05, 3.63) is 35.0 Å². The Labute approximate surface area is 166 Å². The summed E-state index contributed by atoms with van der Waals surface area (Å²) < 4.78 is 5.23. The molecule has 0 fully saturated rings. The van der Waals surface area contributed by atoms with Gasteiger partial charge in [0.25, 0.3) is 0 Å². The first-order chi connectivity index (χ1) is 13.1. The predicted octanol–water partition coefficient (Wildman–Crippen LogP) is 4.08. The molecule has 1 aliphatic rings. The van der Waals surface area contributed by atoms with Crippen LogP contribution in [0.4, 0.5) is 4.79 Å². The van der Waals surface area contributed by atoms with Gasteiger partial charge in [-0.15, -0.1) is 0 Å². The van der Waals surface area contributed by atoms with Gasteiger partial charge in [-0.05, 0) is 57.7 Å². The molecule has 2 heterocycles. The molecule has 1 aromatic heterocycles. The highest BCUT2D eigenvalue weighted by Crippen LogP contribution is 2.38. The summed E-state index contributed by atoms with van der Waals surface area (Å²) in [6, 6.07) is 6.38. The molecule has 28 heavy (non-hydrogen) atoms. The Hall–Kier alpha value is -2.50. The highest BCUT2D eigenvalue weighted by Gasteiger charge is 2.35. The number of aromatic amines is 1. The quantitative estimate of drug-likeness (QED) is 0.836. The van der Waals surface area contributed by atoms with Crippen LogP contribution in [0.1, 0.15) is 57.5 Å². The third kappa shape index (κ3) is 4.16. The smallest absolute Gasteiger partial charge is 0.408 e. The highest BCUT2D eigenvalue weighted by atomic mass is 16.6. The molecule has 2 N–H and O–H groups in total. The van der Waals surface area contributed by atoms with E-state index in [0.29, 0.717) is 6.54 Å². The Morgan fingerprint density at radius 3 is 2.68 bits per heavy atom. The average molecular weight is 386 g/mol. The average Bonchev–Trinajstić information content (AvgIpc) is 2.94. The number of nitrogens with zero attached hydrogens (tertiary/aromatic N) is 1. The summed E-state index contributed by atoms with van der Waals surface area (Å²) in [6.45, 7) is 12.3. The van der Waals surface area contributed by atoms with Crippen molar-refractivity contribution < 1.29 is 14.3 Å². The molecule has 1 aliphatic heterocycles. The molecule has 0 bridgehead atoms. The van der Waals surface area contributed by atoms with E-state index in [0.717, 1.165) is 17.6 Å². The number of alkyl carbamates (subject to hydrolysis) is 1. The van der Waals surface area contributed by atoms with Crippen molar-refractivity contribution in [1.29, 1.82) is 0 Å². The molecule has 2 aromatic rings. The van der Waals surface area contributed by atoms with E-state index in [9.17, 15) is 9.59 Å². The summed E-state index contributed by atoms with van der Waals surface area (Å²) >= 11 is 0. The molecule has 0 radical (unpaired) electrons. The summed E-state index contributed by atoms with van der Waals surface area (Å²) in [5.41, 5.74) is 4.18. The van der Waals surface area contributed by atoms with Gasteiger partial charge in [0.1, 0.15) is 12.1 Å². The molecule has 152 valence electrons. The Kier molecular flexibility index (Phi) is 5.41. The molecule has 6 nitrogen and oxygen atoms in total. The normalized spacial score (nSPS) is 17.0. The number of ether oxygens (including phenoxy) is 1. The number of benzene rings is 1. The van der Waals surface area contributed by atoms with Gasteiger partial charge in [0.15, 0.2) is 0 Å². The summed E-state index contributed by atoms with van der Waals surface area (Å²) in [5.74, 6) is 0.156. The van der Waals surface area contributed by atoms with Gasteiger partial charge < -0.3 is 19.9 Å². The summed E-state index contributed by atoms with van der Waals surface area (Å²) in [7, 11) is 0. The van der Waals surface area contributed by atoms with Crippen molar-refractivity contribution in [2.24, 2.45) is 5.92 Å². The minimum absolute atomic E-state index is 0.0376. The van der Waals surface area contributed by atoms with Crippen LogP contribution in [0, 0.1) is 12.8 Å². The predicted molar refractivity (Wildman–Crippen MR) is 110 cm³/mol. The van der Waals surface area contributed by atoms with E-state index < -0.39 is 11.7 Å². The number of aryl methyl sites for hydroxylation is 1. The number of nitrogens with one attached hydrogen (secondary N) is 2. The lowest BCUT2D eigenvalue weighted by atomic mass is 9.90. The summed E-state index contributed by atoms with van der Waals surface area (Å²) in [6.07, 6.45) is 0.237. The van der Waals surface area contributed by atoms with Gasteiger partial charge in [-0.3, -0.25) is 4.79 Å². The molecule has 3 rings (SSSR count). The van der Waals surface area contributed by atoms with Gasteiger partial charge in [0.05, 0.1) is 6.04 Å². The minimum Gasteiger partial charge on any atom is -0.444 e. The number of carbonyl (C=O) groups is 2. The lowest BCUT2D eigenvalue weighted by Crippen LogP contribution is -2.47. The van der Waals surface area contributed by atoms with Crippen LogP contribution < -0.4 is 5.32 Å². The van der Waals surface area contributed by atoms with E-state index in [4.69, 9.17) is 4.74 Å². The molecular weight excluding hydrogens is 354 g/mol. The van der Waals surface area contributed by atoms with Gasteiger partial charge in [-0.1, -0.05) is 25.5 Å². The lowest BCUT2D eigenvalue weighted by molar-refractivity contribution is -0.134. The topological polar surface area (TPSA) is 74.4 Å². The SMILES string of the molecule is Cc1ccc2[nH]c3c(c2c1)CCN(C(=O)CNC(=O)OC(C)(C)C)C3C(C)C. The molecule has 0 saturated heterocycles. The number of amides is 2. The van der Waals surface area contributed by atoms with Crippen LogP contribution >= 0.6 is 0 Å². The first kappa shape index (κ1) is 20.2. The summed E-state index contributed by atoms with van der Waals surface area (Å²) in [4.78, 5) is 30.2. The number of aromatic nitrogens is 1. The molecule has 2 amide bonds. The van der Waals surface area contributed by atoms with E-state index in [1.54, 1.807) is 20.8 Å². The zero-order valence-corrected chi connectivity index (χ0v) is 17.7. The maximum Gasteiger partial charge on any atom is 0.408 e. The zero-order chi connectivity index (χ0) is 20.6. The highest BCUT2D eigenvalue weighted by molar-refractivity contribution is 5.87. The lowest BCUT2D eigenvalue weighted by Gasteiger charge is -2.38. The Morgan fingerprint density at radius 1 is 1.32 bits per heavy atom. The molecule has 1 unspecified atom stereocenters. The monoisotopic (exact) mass is 385 g/mol. The molecule has 6 heteroatoms. The van der Waals surface area contributed by atoms with E-state index in [-0.39, 0.29) is 24.4 Å². The minimum atomic E-state index is -0.587. The number of hydrogen-bond donors (Lipinski definition) is 2. The van der Waals surface area contributed by atoms with Crippen LogP contribution in [0.3, 0.4) is 0 Å². The van der Waals surface area contributed by atoms with Crippen LogP contribution in [0.2, 0.25) is 0 Å². The molecule has 0 aliphatic carbocycles. The second-order valence-electron chi connectivity index (χ2n) is 8.95. The fourth-order valence-corrected chi connectivity index (χ4v) is 3.97.